The van der Waals surface area contributed by atoms with E-state index in [4.69, 9.17) is 9.73 Å². The Kier molecular flexibility index (Phi) is 9.70. The van der Waals surface area contributed by atoms with Crippen LogP contribution in [0.1, 0.15) is 77.1 Å². The van der Waals surface area contributed by atoms with Crippen molar-refractivity contribution >= 4 is 18.4 Å². The Morgan fingerprint density at radius 2 is 1.84 bits per heavy atom. The summed E-state index contributed by atoms with van der Waals surface area (Å²) in [5.74, 6) is 0. The average Bonchev–Trinajstić information content (AvgIpc) is 2.77. The van der Waals surface area contributed by atoms with Gasteiger partial charge in [0.2, 0.25) is 0 Å². The van der Waals surface area contributed by atoms with E-state index in [0.29, 0.717) is 13.1 Å². The molecule has 2 rings (SSSR count). The van der Waals surface area contributed by atoms with Gasteiger partial charge in [-0.2, -0.15) is 0 Å². The molecule has 32 heavy (non-hydrogen) atoms. The minimum atomic E-state index is -0.484. The lowest BCUT2D eigenvalue weighted by Gasteiger charge is -2.40. The van der Waals surface area contributed by atoms with Gasteiger partial charge in [0, 0.05) is 32.4 Å². The molecule has 1 aliphatic rings. The molecule has 1 aromatic rings. The lowest BCUT2D eigenvalue weighted by Crippen LogP contribution is -2.51. The van der Waals surface area contributed by atoms with Gasteiger partial charge in [-0.1, -0.05) is 57.7 Å². The molecular weight excluding hydrogens is 398 g/mol. The normalized spacial score (nSPS) is 16.9. The number of allylic oxidation sites excluding steroid dienone is 1. The van der Waals surface area contributed by atoms with E-state index < -0.39 is 5.60 Å². The molecule has 0 saturated carbocycles. The van der Waals surface area contributed by atoms with Gasteiger partial charge in [-0.15, -0.1) is 0 Å². The van der Waals surface area contributed by atoms with E-state index in [-0.39, 0.29) is 12.1 Å². The van der Waals surface area contributed by atoms with E-state index in [1.54, 1.807) is 0 Å². The zero-order valence-corrected chi connectivity index (χ0v) is 20.9. The Morgan fingerprint density at radius 3 is 2.38 bits per heavy atom. The van der Waals surface area contributed by atoms with Crippen LogP contribution in [0, 0.1) is 0 Å². The summed E-state index contributed by atoms with van der Waals surface area (Å²) in [4.78, 5) is 21.7. The highest BCUT2D eigenvalue weighted by Crippen LogP contribution is 2.34. The molecule has 1 saturated heterocycles. The first-order valence-electron chi connectivity index (χ1n) is 11.9. The summed E-state index contributed by atoms with van der Waals surface area (Å²) in [6, 6.07) is 6.70. The number of carbonyl (C=O) groups excluding carboxylic acids is 1. The van der Waals surface area contributed by atoms with Gasteiger partial charge in [0.1, 0.15) is 5.60 Å². The van der Waals surface area contributed by atoms with Crippen LogP contribution in [0.25, 0.3) is 6.08 Å². The molecule has 1 fully saturated rings. The second-order valence-electron chi connectivity index (χ2n) is 9.18. The van der Waals surface area contributed by atoms with Gasteiger partial charge in [0.25, 0.3) is 0 Å². The highest BCUT2D eigenvalue weighted by atomic mass is 16.6. The number of aliphatic imine (C=N–C) groups is 1. The van der Waals surface area contributed by atoms with Crippen molar-refractivity contribution in [2.75, 3.05) is 26.2 Å². The standard InChI is InChI=1S/C27H41N3O2/c1-8-12-24(28-15-9-2)25(23-14-13-21(10-3)20-22(23)11-4)29-16-18-30(19-17-29)26(31)32-27(5,6)7/h11-15,20,25H,4,8-10,16-19H2,1-3,5-7H3/b24-12-,28-15?. The van der Waals surface area contributed by atoms with Crippen LogP contribution in [-0.2, 0) is 11.2 Å². The number of piperazine rings is 1. The largest absolute Gasteiger partial charge is 0.444 e. The summed E-state index contributed by atoms with van der Waals surface area (Å²) in [6.45, 7) is 19.0. The van der Waals surface area contributed by atoms with Crippen molar-refractivity contribution in [3.63, 3.8) is 0 Å². The van der Waals surface area contributed by atoms with Crippen molar-refractivity contribution in [2.45, 2.75) is 72.4 Å². The molecule has 1 unspecified atom stereocenters. The molecule has 1 heterocycles. The lowest BCUT2D eigenvalue weighted by molar-refractivity contribution is 0.0117. The Bertz CT molecular complexity index is 828. The number of hydrogen-bond acceptors (Lipinski definition) is 4. The first-order valence-corrected chi connectivity index (χ1v) is 11.9. The first-order chi connectivity index (χ1) is 15.2. The number of benzene rings is 1. The SMILES string of the molecule is C=Cc1cc(CC)ccc1C(/C(=C/CC)N=CCC)N1CCN(C(=O)OC(C)(C)C)CC1. The fourth-order valence-corrected chi connectivity index (χ4v) is 3.94. The topological polar surface area (TPSA) is 45.1 Å². The van der Waals surface area contributed by atoms with Crippen LogP contribution < -0.4 is 0 Å². The summed E-state index contributed by atoms with van der Waals surface area (Å²) in [5, 5.41) is 0. The zero-order valence-electron chi connectivity index (χ0n) is 20.9. The van der Waals surface area contributed by atoms with Gasteiger partial charge in [0.15, 0.2) is 0 Å². The third-order valence-corrected chi connectivity index (χ3v) is 5.52. The predicted octanol–water partition coefficient (Wildman–Crippen LogP) is 6.26. The van der Waals surface area contributed by atoms with Gasteiger partial charge in [-0.3, -0.25) is 9.89 Å². The molecule has 0 N–H and O–H groups in total. The Morgan fingerprint density at radius 1 is 1.16 bits per heavy atom. The highest BCUT2D eigenvalue weighted by molar-refractivity contribution is 5.68. The van der Waals surface area contributed by atoms with E-state index >= 15 is 0 Å². The number of amides is 1. The summed E-state index contributed by atoms with van der Waals surface area (Å²) in [5.41, 5.74) is 4.25. The van der Waals surface area contributed by atoms with Gasteiger partial charge in [0.05, 0.1) is 11.7 Å². The van der Waals surface area contributed by atoms with Crippen molar-refractivity contribution in [3.05, 3.63) is 53.2 Å². The van der Waals surface area contributed by atoms with Crippen LogP contribution in [0.2, 0.25) is 0 Å². The summed E-state index contributed by atoms with van der Waals surface area (Å²) in [7, 11) is 0. The fraction of sp³-hybridized carbons (Fsp3) is 0.556. The Hall–Kier alpha value is -2.40. The smallest absolute Gasteiger partial charge is 0.410 e. The highest BCUT2D eigenvalue weighted by Gasteiger charge is 2.32. The van der Waals surface area contributed by atoms with Gasteiger partial charge >= 0.3 is 6.09 Å². The second-order valence-corrected chi connectivity index (χ2v) is 9.18. The van der Waals surface area contributed by atoms with Crippen LogP contribution in [0.3, 0.4) is 0 Å². The van der Waals surface area contributed by atoms with Gasteiger partial charge in [-0.05, 0) is 56.7 Å². The summed E-state index contributed by atoms with van der Waals surface area (Å²) >= 11 is 0. The molecule has 176 valence electrons. The first kappa shape index (κ1) is 25.9. The van der Waals surface area contributed by atoms with E-state index in [1.165, 1.54) is 11.1 Å². The van der Waals surface area contributed by atoms with Crippen LogP contribution in [-0.4, -0.2) is 53.9 Å². The minimum Gasteiger partial charge on any atom is -0.444 e. The number of carbonyl (C=O) groups is 1. The number of ether oxygens (including phenoxy) is 1. The quantitative estimate of drug-likeness (QED) is 0.449. The average molecular weight is 440 g/mol. The molecular formula is C27H41N3O2. The Labute approximate surface area is 194 Å². The molecule has 1 aliphatic heterocycles. The van der Waals surface area contributed by atoms with E-state index in [9.17, 15) is 4.79 Å². The summed E-state index contributed by atoms with van der Waals surface area (Å²) < 4.78 is 5.58. The molecule has 0 bridgehead atoms. The van der Waals surface area contributed by atoms with Crippen molar-refractivity contribution < 1.29 is 9.53 Å². The number of hydrogen-bond donors (Lipinski definition) is 0. The molecule has 1 atom stereocenters. The van der Waals surface area contributed by atoms with Crippen LogP contribution in [0.4, 0.5) is 4.79 Å². The maximum Gasteiger partial charge on any atom is 0.410 e. The minimum absolute atomic E-state index is 0.0254. The second kappa shape index (κ2) is 12.0. The maximum atomic E-state index is 12.5. The van der Waals surface area contributed by atoms with Crippen molar-refractivity contribution in [1.29, 1.82) is 0 Å². The van der Waals surface area contributed by atoms with Crippen LogP contribution in [0.5, 0.6) is 0 Å². The van der Waals surface area contributed by atoms with E-state index in [1.807, 2.05) is 38.0 Å². The zero-order chi connectivity index (χ0) is 23.7. The molecule has 5 nitrogen and oxygen atoms in total. The van der Waals surface area contributed by atoms with Crippen LogP contribution >= 0.6 is 0 Å². The van der Waals surface area contributed by atoms with Crippen molar-refractivity contribution in [3.8, 4) is 0 Å². The monoisotopic (exact) mass is 439 g/mol. The van der Waals surface area contributed by atoms with Crippen molar-refractivity contribution in [1.82, 2.24) is 9.80 Å². The fourth-order valence-electron chi connectivity index (χ4n) is 3.94. The van der Waals surface area contributed by atoms with Gasteiger partial charge < -0.3 is 9.64 Å². The lowest BCUT2D eigenvalue weighted by atomic mass is 9.93. The summed E-state index contributed by atoms with van der Waals surface area (Å²) in [6.07, 6.45) is 8.72. The predicted molar refractivity (Wildman–Crippen MR) is 135 cm³/mol. The third-order valence-electron chi connectivity index (χ3n) is 5.52. The molecule has 0 aromatic heterocycles. The third kappa shape index (κ3) is 7.06. The molecule has 5 heteroatoms. The number of aryl methyl sites for hydroxylation is 1. The molecule has 1 amide bonds. The maximum absolute atomic E-state index is 12.5. The van der Waals surface area contributed by atoms with Gasteiger partial charge in [-0.25, -0.2) is 4.79 Å². The van der Waals surface area contributed by atoms with E-state index in [0.717, 1.165) is 43.6 Å². The van der Waals surface area contributed by atoms with E-state index in [2.05, 4.69) is 56.5 Å². The number of rotatable bonds is 8. The molecule has 0 aliphatic carbocycles. The van der Waals surface area contributed by atoms with Crippen LogP contribution in [0.15, 0.2) is 41.5 Å². The Balaban J connectivity index is 2.37. The molecule has 0 radical (unpaired) electrons. The molecule has 1 aromatic carbocycles. The molecule has 0 spiro atoms. The number of nitrogens with zero attached hydrogens (tertiary/aromatic N) is 3. The van der Waals surface area contributed by atoms with Crippen molar-refractivity contribution in [2.24, 2.45) is 4.99 Å².